The fourth-order valence-electron chi connectivity index (χ4n) is 1.48. The maximum absolute atomic E-state index is 11.3. The van der Waals surface area contributed by atoms with Crippen molar-refractivity contribution >= 4 is 28.9 Å². The summed E-state index contributed by atoms with van der Waals surface area (Å²) in [5.41, 5.74) is 5.78. The first-order valence-electron chi connectivity index (χ1n) is 6.18. The van der Waals surface area contributed by atoms with Gasteiger partial charge in [0.2, 0.25) is 5.91 Å². The lowest BCUT2D eigenvalue weighted by Gasteiger charge is -2.14. The largest absolute Gasteiger partial charge is 0.497 e. The molecule has 0 saturated carbocycles. The van der Waals surface area contributed by atoms with Gasteiger partial charge in [0.1, 0.15) is 11.5 Å². The van der Waals surface area contributed by atoms with E-state index < -0.39 is 0 Å². The Morgan fingerprint density at radius 2 is 2.00 bits per heavy atom. The van der Waals surface area contributed by atoms with E-state index in [0.29, 0.717) is 23.6 Å². The highest BCUT2D eigenvalue weighted by atomic mass is 32.1. The Kier molecular flexibility index (Phi) is 6.58. The first-order valence-corrected chi connectivity index (χ1v) is 6.59. The molecule has 0 saturated heterocycles. The van der Waals surface area contributed by atoms with Gasteiger partial charge in [-0.05, 0) is 30.8 Å². The molecule has 1 rings (SSSR count). The van der Waals surface area contributed by atoms with Crippen LogP contribution in [0.4, 0.5) is 5.69 Å². The number of methoxy groups -OCH3 is 2. The van der Waals surface area contributed by atoms with Crippen molar-refractivity contribution in [2.45, 2.75) is 19.8 Å². The van der Waals surface area contributed by atoms with Crippen LogP contribution in [0.5, 0.6) is 11.5 Å². The fourth-order valence-corrected chi connectivity index (χ4v) is 1.64. The van der Waals surface area contributed by atoms with Crippen LogP contribution in [-0.4, -0.2) is 25.2 Å². The van der Waals surface area contributed by atoms with Gasteiger partial charge in [-0.3, -0.25) is 15.6 Å². The Labute approximate surface area is 123 Å². The van der Waals surface area contributed by atoms with Gasteiger partial charge in [0.15, 0.2) is 5.11 Å². The number of nitrogens with one attached hydrogen (secondary N) is 3. The van der Waals surface area contributed by atoms with Gasteiger partial charge >= 0.3 is 0 Å². The lowest BCUT2D eigenvalue weighted by atomic mass is 10.2. The second-order valence-corrected chi connectivity index (χ2v) is 4.35. The number of hydrogen-bond acceptors (Lipinski definition) is 4. The highest BCUT2D eigenvalue weighted by Gasteiger charge is 2.07. The summed E-state index contributed by atoms with van der Waals surface area (Å²) in [7, 11) is 3.14. The summed E-state index contributed by atoms with van der Waals surface area (Å²) >= 11 is 5.09. The van der Waals surface area contributed by atoms with Gasteiger partial charge < -0.3 is 14.8 Å². The van der Waals surface area contributed by atoms with Crippen LogP contribution in [0.3, 0.4) is 0 Å². The summed E-state index contributed by atoms with van der Waals surface area (Å²) < 4.78 is 10.4. The highest BCUT2D eigenvalue weighted by Crippen LogP contribution is 2.28. The minimum Gasteiger partial charge on any atom is -0.497 e. The van der Waals surface area contributed by atoms with Gasteiger partial charge in [-0.1, -0.05) is 6.92 Å². The van der Waals surface area contributed by atoms with Crippen molar-refractivity contribution in [3.8, 4) is 11.5 Å². The monoisotopic (exact) mass is 297 g/mol. The van der Waals surface area contributed by atoms with Crippen molar-refractivity contribution < 1.29 is 14.3 Å². The molecule has 0 radical (unpaired) electrons. The topological polar surface area (TPSA) is 71.6 Å². The molecule has 0 fully saturated rings. The molecule has 0 unspecified atom stereocenters. The van der Waals surface area contributed by atoms with E-state index in [-0.39, 0.29) is 11.0 Å². The first kappa shape index (κ1) is 16.0. The van der Waals surface area contributed by atoms with Crippen LogP contribution < -0.4 is 25.6 Å². The lowest BCUT2D eigenvalue weighted by Crippen LogP contribution is -2.43. The molecule has 0 aliphatic rings. The Morgan fingerprint density at radius 1 is 1.25 bits per heavy atom. The maximum Gasteiger partial charge on any atom is 0.238 e. The number of hydrogen-bond donors (Lipinski definition) is 3. The van der Waals surface area contributed by atoms with Crippen LogP contribution in [0.2, 0.25) is 0 Å². The zero-order chi connectivity index (χ0) is 15.0. The molecule has 0 heterocycles. The molecule has 6 nitrogen and oxygen atoms in total. The minimum atomic E-state index is -0.116. The molecule has 1 amide bonds. The van der Waals surface area contributed by atoms with E-state index in [1.54, 1.807) is 32.4 Å². The van der Waals surface area contributed by atoms with Crippen molar-refractivity contribution in [3.63, 3.8) is 0 Å². The number of rotatable bonds is 5. The molecule has 0 spiro atoms. The first-order chi connectivity index (χ1) is 9.60. The summed E-state index contributed by atoms with van der Waals surface area (Å²) in [6.07, 6.45) is 1.22. The third-order valence-electron chi connectivity index (χ3n) is 2.45. The van der Waals surface area contributed by atoms with Gasteiger partial charge in [0.05, 0.1) is 19.9 Å². The molecule has 1 aromatic carbocycles. The standard InChI is InChI=1S/C13H19N3O3S/c1-4-5-12(17)15-16-13(20)14-10-8-9(18-2)6-7-11(10)19-3/h6-8H,4-5H2,1-3H3,(H,15,17)(H2,14,16,20). The number of ether oxygens (including phenoxy) is 2. The molecule has 20 heavy (non-hydrogen) atoms. The zero-order valence-corrected chi connectivity index (χ0v) is 12.6. The molecule has 110 valence electrons. The average molecular weight is 297 g/mol. The normalized spacial score (nSPS) is 9.55. The zero-order valence-electron chi connectivity index (χ0n) is 11.8. The molecule has 0 aromatic heterocycles. The molecule has 3 N–H and O–H groups in total. The molecule has 0 aliphatic carbocycles. The second-order valence-electron chi connectivity index (χ2n) is 3.94. The third kappa shape index (κ3) is 4.93. The Hall–Kier alpha value is -2.02. The van der Waals surface area contributed by atoms with E-state index in [9.17, 15) is 4.79 Å². The summed E-state index contributed by atoms with van der Waals surface area (Å²) in [6, 6.07) is 5.30. The van der Waals surface area contributed by atoms with Crippen LogP contribution in [0, 0.1) is 0 Å². The Bertz CT molecular complexity index is 480. The highest BCUT2D eigenvalue weighted by molar-refractivity contribution is 7.80. The Balaban J connectivity index is 2.62. The van der Waals surface area contributed by atoms with Crippen LogP contribution in [-0.2, 0) is 4.79 Å². The van der Waals surface area contributed by atoms with Crippen molar-refractivity contribution in [1.29, 1.82) is 0 Å². The van der Waals surface area contributed by atoms with E-state index in [2.05, 4.69) is 16.2 Å². The molecular formula is C13H19N3O3S. The smallest absolute Gasteiger partial charge is 0.238 e. The summed E-state index contributed by atoms with van der Waals surface area (Å²) in [4.78, 5) is 11.3. The fraction of sp³-hybridized carbons (Fsp3) is 0.385. The van der Waals surface area contributed by atoms with Gasteiger partial charge in [-0.2, -0.15) is 0 Å². The van der Waals surface area contributed by atoms with Gasteiger partial charge in [-0.25, -0.2) is 0 Å². The van der Waals surface area contributed by atoms with Crippen molar-refractivity contribution in [2.24, 2.45) is 0 Å². The van der Waals surface area contributed by atoms with Gasteiger partial charge in [0.25, 0.3) is 0 Å². The molecule has 1 aromatic rings. The average Bonchev–Trinajstić information content (AvgIpc) is 2.45. The molecule has 0 atom stereocenters. The predicted molar refractivity (Wildman–Crippen MR) is 82.0 cm³/mol. The Morgan fingerprint density at radius 3 is 2.60 bits per heavy atom. The van der Waals surface area contributed by atoms with Crippen molar-refractivity contribution in [3.05, 3.63) is 18.2 Å². The number of anilines is 1. The van der Waals surface area contributed by atoms with Crippen molar-refractivity contribution in [1.82, 2.24) is 10.9 Å². The number of thiocarbonyl (C=S) groups is 1. The van der Waals surface area contributed by atoms with Crippen LogP contribution in [0.25, 0.3) is 0 Å². The van der Waals surface area contributed by atoms with E-state index in [4.69, 9.17) is 21.7 Å². The van der Waals surface area contributed by atoms with E-state index in [1.165, 1.54) is 0 Å². The molecule has 0 bridgehead atoms. The summed E-state index contributed by atoms with van der Waals surface area (Å²) in [5.74, 6) is 1.18. The van der Waals surface area contributed by atoms with Crippen LogP contribution in [0.1, 0.15) is 19.8 Å². The van der Waals surface area contributed by atoms with E-state index >= 15 is 0 Å². The molecule has 7 heteroatoms. The third-order valence-corrected chi connectivity index (χ3v) is 2.65. The number of carbonyl (C=O) groups excluding carboxylic acids is 1. The summed E-state index contributed by atoms with van der Waals surface area (Å²) in [6.45, 7) is 1.93. The number of benzene rings is 1. The molecule has 0 aliphatic heterocycles. The quantitative estimate of drug-likeness (QED) is 0.569. The number of amides is 1. The van der Waals surface area contributed by atoms with E-state index in [1.807, 2.05) is 6.92 Å². The van der Waals surface area contributed by atoms with E-state index in [0.717, 1.165) is 6.42 Å². The number of carbonyl (C=O) groups is 1. The second kappa shape index (κ2) is 8.21. The van der Waals surface area contributed by atoms with Crippen LogP contribution in [0.15, 0.2) is 18.2 Å². The van der Waals surface area contributed by atoms with Crippen molar-refractivity contribution in [2.75, 3.05) is 19.5 Å². The van der Waals surface area contributed by atoms with Gasteiger partial charge in [-0.15, -0.1) is 0 Å². The minimum absolute atomic E-state index is 0.116. The maximum atomic E-state index is 11.3. The summed E-state index contributed by atoms with van der Waals surface area (Å²) in [5, 5.41) is 3.20. The van der Waals surface area contributed by atoms with Crippen LogP contribution >= 0.6 is 12.2 Å². The van der Waals surface area contributed by atoms with Gasteiger partial charge in [0, 0.05) is 12.5 Å². The molecular weight excluding hydrogens is 278 g/mol. The predicted octanol–water partition coefficient (Wildman–Crippen LogP) is 1.82. The number of hydrazine groups is 1. The lowest BCUT2D eigenvalue weighted by molar-refractivity contribution is -0.121. The SMILES string of the molecule is CCCC(=O)NNC(=S)Nc1cc(OC)ccc1OC.